The van der Waals surface area contributed by atoms with Crippen LogP contribution in [0.25, 0.3) is 22.0 Å². The number of hydrogen-bond acceptors (Lipinski definition) is 10. The molecule has 6 heterocycles. The third-order valence-corrected chi connectivity index (χ3v) is 12.6. The van der Waals surface area contributed by atoms with Gasteiger partial charge in [0.25, 0.3) is 5.91 Å². The average molecular weight is 1010 g/mol. The number of carbonyl (C=O) groups excluding carboxylic acids is 3. The van der Waals surface area contributed by atoms with Crippen molar-refractivity contribution in [2.75, 3.05) is 43.4 Å². The fourth-order valence-corrected chi connectivity index (χ4v) is 9.29. The summed E-state index contributed by atoms with van der Waals surface area (Å²) in [6, 6.07) is 21.1. The first-order valence-corrected chi connectivity index (χ1v) is 20.6. The molecular weight excluding hydrogens is 965 g/mol. The van der Waals surface area contributed by atoms with E-state index in [1.807, 2.05) is 24.5 Å². The van der Waals surface area contributed by atoms with Crippen LogP contribution in [0.3, 0.4) is 0 Å². The Kier molecular flexibility index (Phi) is 12.5. The number of nitrogens with one attached hydrogen (secondary N) is 3. The van der Waals surface area contributed by atoms with Gasteiger partial charge in [0.1, 0.15) is 6.04 Å². The summed E-state index contributed by atoms with van der Waals surface area (Å²) in [5, 5.41) is 9.99. The molecule has 0 saturated carbocycles. The van der Waals surface area contributed by atoms with Crippen molar-refractivity contribution in [3.05, 3.63) is 114 Å². The van der Waals surface area contributed by atoms with Gasteiger partial charge in [0.05, 0.1) is 5.52 Å². The summed E-state index contributed by atoms with van der Waals surface area (Å²) in [7, 11) is 0. The maximum Gasteiger partial charge on any atom is 2.00 e. The van der Waals surface area contributed by atoms with Crippen molar-refractivity contribution in [3.8, 4) is 11.1 Å². The molecule has 12 nitrogen and oxygen atoms in total. The Hall–Kier alpha value is -4.67. The summed E-state index contributed by atoms with van der Waals surface area (Å²) >= 11 is 0. The monoisotopic (exact) mass is 1010 g/mol. The normalized spacial score (nSPS) is 19.4. The molecule has 13 heteroatoms. The Morgan fingerprint density at radius 1 is 0.898 bits per heavy atom. The Morgan fingerprint density at radius 2 is 1.69 bits per heavy atom. The molecule has 3 aromatic carbocycles. The minimum atomic E-state index is -0.578. The van der Waals surface area contributed by atoms with Crippen molar-refractivity contribution in [2.45, 2.75) is 76.5 Å². The average Bonchev–Trinajstić information content (AvgIpc) is 3.57. The van der Waals surface area contributed by atoms with Crippen LogP contribution in [0.15, 0.2) is 73.1 Å². The number of likely N-dealkylation sites (tertiary alicyclic amines) is 2. The van der Waals surface area contributed by atoms with E-state index in [9.17, 15) is 14.4 Å². The Balaban J connectivity index is 0.00000484. The van der Waals surface area contributed by atoms with Gasteiger partial charge >= 0.3 is 31.1 Å². The van der Waals surface area contributed by atoms with Crippen LogP contribution in [0.5, 0.6) is 0 Å². The van der Waals surface area contributed by atoms with E-state index in [1.54, 1.807) is 4.90 Å². The summed E-state index contributed by atoms with van der Waals surface area (Å²) in [6.07, 6.45) is 11.9. The zero-order chi connectivity index (χ0) is 39.8. The number of benzene rings is 3. The molecule has 2 aromatic heterocycles. The van der Waals surface area contributed by atoms with Gasteiger partial charge in [-0.05, 0) is 111 Å². The Bertz CT molecular complexity index is 2360. The predicted octanol–water partition coefficient (Wildman–Crippen LogP) is 6.40. The minimum absolute atomic E-state index is 0. The Labute approximate surface area is 369 Å². The molecular formula is C46H49N9O3U. The molecule has 59 heavy (non-hydrogen) atoms. The van der Waals surface area contributed by atoms with Gasteiger partial charge in [0, 0.05) is 48.4 Å². The topological polar surface area (TPSA) is 136 Å². The van der Waals surface area contributed by atoms with Crippen LogP contribution in [-0.2, 0) is 22.7 Å². The molecule has 3 saturated heterocycles. The number of pyridine rings is 1. The summed E-state index contributed by atoms with van der Waals surface area (Å²) in [4.78, 5) is 57.9. The zero-order valence-electron chi connectivity index (χ0n) is 33.5. The van der Waals surface area contributed by atoms with E-state index in [-0.39, 0.29) is 55.3 Å². The molecule has 300 valence electrons. The molecule has 9 rings (SSSR count). The van der Waals surface area contributed by atoms with Crippen LogP contribution in [0.4, 0.5) is 17.3 Å². The molecule has 3 fully saturated rings. The number of hydrogen-bond donors (Lipinski definition) is 3. The second-order valence-corrected chi connectivity index (χ2v) is 16.1. The van der Waals surface area contributed by atoms with Crippen LogP contribution in [0, 0.1) is 51.2 Å². The summed E-state index contributed by atoms with van der Waals surface area (Å²) in [6.45, 7) is 12.2. The van der Waals surface area contributed by atoms with E-state index >= 15 is 0 Å². The fraction of sp³-hybridized carbons (Fsp3) is 0.370. The zero-order valence-corrected chi connectivity index (χ0v) is 37.6. The van der Waals surface area contributed by atoms with Gasteiger partial charge < -0.3 is 32.3 Å². The van der Waals surface area contributed by atoms with Gasteiger partial charge in [-0.15, -0.1) is 17.7 Å². The number of carbonyl (C=O) groups is 3. The van der Waals surface area contributed by atoms with Crippen LogP contribution in [0.2, 0.25) is 0 Å². The third kappa shape index (κ3) is 8.81. The van der Waals surface area contributed by atoms with Crippen LogP contribution < -0.4 is 16.0 Å². The first-order valence-electron chi connectivity index (χ1n) is 20.6. The van der Waals surface area contributed by atoms with Crippen LogP contribution in [0.1, 0.15) is 77.1 Å². The number of imide groups is 1. The van der Waals surface area contributed by atoms with Crippen LogP contribution >= 0.6 is 0 Å². The van der Waals surface area contributed by atoms with E-state index in [0.29, 0.717) is 43.0 Å². The van der Waals surface area contributed by atoms with Gasteiger partial charge in [-0.2, -0.15) is 0 Å². The Morgan fingerprint density at radius 3 is 2.46 bits per heavy atom. The molecule has 3 amide bonds. The SMILES string of the molecule is [CH2-]CNc1[c-]ncc(-c2ccc3cnc(Nc4ccc(CN5CCC(N6CCC(c7ccc8c(c7)CN(C7CCC(=O)NC7=O)C8=O)CC6)CC5)cc4)nc3c2)c1C.[U+2]. The largest absolute Gasteiger partial charge is 2.00 e. The van der Waals surface area contributed by atoms with Crippen molar-refractivity contribution in [1.29, 1.82) is 0 Å². The van der Waals surface area contributed by atoms with E-state index in [0.717, 1.165) is 90.1 Å². The molecule has 0 radical (unpaired) electrons. The van der Waals surface area contributed by atoms with Crippen molar-refractivity contribution in [2.24, 2.45) is 0 Å². The van der Waals surface area contributed by atoms with Crippen LogP contribution in [-0.4, -0.2) is 92.2 Å². The predicted molar refractivity (Wildman–Crippen MR) is 224 cm³/mol. The quantitative estimate of drug-likeness (QED) is 0.107. The van der Waals surface area contributed by atoms with Gasteiger partial charge in [-0.3, -0.25) is 24.6 Å². The molecule has 4 aliphatic heterocycles. The smallest absolute Gasteiger partial charge is 0.435 e. The number of amides is 3. The van der Waals surface area contributed by atoms with E-state index in [4.69, 9.17) is 4.98 Å². The molecule has 5 aromatic rings. The third-order valence-electron chi connectivity index (χ3n) is 12.6. The first-order chi connectivity index (χ1) is 28.3. The van der Waals surface area contributed by atoms with Crippen molar-refractivity contribution in [3.63, 3.8) is 0 Å². The van der Waals surface area contributed by atoms with Crippen molar-refractivity contribution < 1.29 is 45.5 Å². The van der Waals surface area contributed by atoms with Gasteiger partial charge in [0.2, 0.25) is 17.8 Å². The molecule has 1 atom stereocenters. The molecule has 1 unspecified atom stereocenters. The van der Waals surface area contributed by atoms with E-state index < -0.39 is 6.04 Å². The summed E-state index contributed by atoms with van der Waals surface area (Å²) in [5.41, 5.74) is 10.1. The number of rotatable bonds is 10. The molecule has 0 aliphatic carbocycles. The standard InChI is InChI=1S/C46H49N9O3.U/c1-3-48-41-26-47-25-39(29(41)2)33-6-7-34-24-49-46(51-40(34)23-33)50-36-9-4-30(5-10-36)27-53-18-16-37(17-19-53)54-20-14-31(15-21-54)32-8-11-38-35(22-32)28-55(45(38)58)42-12-13-43(56)52-44(42)57;/h4-11,22-25,31,37,42,48H,1,3,12-21,27-28H2,2H3,(H,49,50,51)(H,52,56,57);/q-2;+2. The summed E-state index contributed by atoms with van der Waals surface area (Å²) < 4.78 is 0. The number of piperidine rings is 3. The molecule has 4 aliphatic rings. The van der Waals surface area contributed by atoms with Gasteiger partial charge in [0.15, 0.2) is 0 Å². The number of fused-ring (bicyclic) bond motifs is 2. The van der Waals surface area contributed by atoms with Crippen molar-refractivity contribution in [1.82, 2.24) is 35.0 Å². The second kappa shape index (κ2) is 17.9. The minimum Gasteiger partial charge on any atom is -0.435 e. The maximum atomic E-state index is 13.2. The number of nitrogens with zero attached hydrogens (tertiary/aromatic N) is 6. The first kappa shape index (κ1) is 41.1. The van der Waals surface area contributed by atoms with Gasteiger partial charge in [-0.1, -0.05) is 61.4 Å². The molecule has 0 spiro atoms. The second-order valence-electron chi connectivity index (χ2n) is 16.1. The molecule has 3 N–H and O–H groups in total. The fourth-order valence-electron chi connectivity index (χ4n) is 9.29. The van der Waals surface area contributed by atoms with Gasteiger partial charge in [-0.25, -0.2) is 9.97 Å². The molecule has 0 bridgehead atoms. The van der Waals surface area contributed by atoms with E-state index in [1.165, 1.54) is 24.0 Å². The number of anilines is 3. The summed E-state index contributed by atoms with van der Waals surface area (Å²) in [5.74, 6) is 0.286. The maximum absolute atomic E-state index is 13.2. The van der Waals surface area contributed by atoms with Crippen molar-refractivity contribution >= 4 is 45.9 Å². The van der Waals surface area contributed by atoms with E-state index in [2.05, 4.69) is 104 Å². The number of aromatic nitrogens is 3.